The van der Waals surface area contributed by atoms with Crippen molar-refractivity contribution >= 4 is 17.2 Å². The van der Waals surface area contributed by atoms with Gasteiger partial charge in [-0.05, 0) is 76.0 Å². The number of aryl methyl sites for hydroxylation is 1. The van der Waals surface area contributed by atoms with Crippen molar-refractivity contribution in [2.75, 3.05) is 26.2 Å². The van der Waals surface area contributed by atoms with E-state index in [4.69, 9.17) is 0 Å². The van der Waals surface area contributed by atoms with E-state index < -0.39 is 0 Å². The number of piperidine rings is 2. The van der Waals surface area contributed by atoms with Crippen molar-refractivity contribution in [3.8, 4) is 0 Å². The fraction of sp³-hybridized carbons (Fsp3) is 0.565. The second-order valence-corrected chi connectivity index (χ2v) is 9.81. The van der Waals surface area contributed by atoms with Gasteiger partial charge in [0.25, 0.3) is 0 Å². The first kappa shape index (κ1) is 20.5. The number of nitrogens with one attached hydrogen (secondary N) is 1. The lowest BCUT2D eigenvalue weighted by Gasteiger charge is -2.42. The molecule has 2 aliphatic rings. The van der Waals surface area contributed by atoms with Crippen LogP contribution in [0.4, 0.5) is 0 Å². The van der Waals surface area contributed by atoms with Gasteiger partial charge in [0.1, 0.15) is 0 Å². The zero-order valence-corrected chi connectivity index (χ0v) is 18.2. The Balaban J connectivity index is 1.23. The number of carbonyl (C=O) groups is 1. The van der Waals surface area contributed by atoms with Crippen LogP contribution >= 0.6 is 11.3 Å². The SMILES string of the molecule is Cc1ccc(CNC(=O)C2CCCN(C3CCN(Cc4cccnc4)CC3)C2)s1. The third kappa shape index (κ3) is 5.65. The average Bonchev–Trinajstić information content (AvgIpc) is 3.18. The minimum atomic E-state index is 0.137. The van der Waals surface area contributed by atoms with Crippen molar-refractivity contribution in [1.82, 2.24) is 20.1 Å². The van der Waals surface area contributed by atoms with Crippen molar-refractivity contribution < 1.29 is 4.79 Å². The number of thiophene rings is 1. The Labute approximate surface area is 178 Å². The van der Waals surface area contributed by atoms with Gasteiger partial charge in [-0.2, -0.15) is 0 Å². The molecule has 1 N–H and O–H groups in total. The Morgan fingerprint density at radius 2 is 2.07 bits per heavy atom. The standard InChI is InChI=1S/C23H32N4OS/c1-18-6-7-22(29-18)15-25-23(28)20-5-3-11-27(17-20)21-8-12-26(13-9-21)16-19-4-2-10-24-14-19/h2,4,6-7,10,14,20-21H,3,5,8-9,11-13,15-17H2,1H3,(H,25,28). The van der Waals surface area contributed by atoms with Crippen LogP contribution < -0.4 is 5.32 Å². The second kappa shape index (κ2) is 9.83. The second-order valence-electron chi connectivity index (χ2n) is 8.43. The van der Waals surface area contributed by atoms with Gasteiger partial charge >= 0.3 is 0 Å². The summed E-state index contributed by atoms with van der Waals surface area (Å²) in [5, 5.41) is 3.17. The maximum atomic E-state index is 12.7. The molecule has 156 valence electrons. The molecular weight excluding hydrogens is 380 g/mol. The summed E-state index contributed by atoms with van der Waals surface area (Å²) in [5.41, 5.74) is 1.29. The van der Waals surface area contributed by atoms with Crippen molar-refractivity contribution in [3.05, 3.63) is 52.0 Å². The minimum Gasteiger partial charge on any atom is -0.351 e. The number of nitrogens with zero attached hydrogens (tertiary/aromatic N) is 3. The molecule has 1 amide bonds. The first-order valence-electron chi connectivity index (χ1n) is 10.9. The van der Waals surface area contributed by atoms with E-state index in [9.17, 15) is 4.79 Å². The molecule has 0 aliphatic carbocycles. The van der Waals surface area contributed by atoms with E-state index in [1.165, 1.54) is 28.2 Å². The van der Waals surface area contributed by atoms with Crippen LogP contribution in [0.5, 0.6) is 0 Å². The maximum absolute atomic E-state index is 12.7. The van der Waals surface area contributed by atoms with Crippen LogP contribution in [0.3, 0.4) is 0 Å². The monoisotopic (exact) mass is 412 g/mol. The predicted molar refractivity (Wildman–Crippen MR) is 118 cm³/mol. The van der Waals surface area contributed by atoms with Gasteiger partial charge in [-0.25, -0.2) is 0 Å². The Hall–Kier alpha value is -1.76. The predicted octanol–water partition coefficient (Wildman–Crippen LogP) is 3.44. The molecule has 2 aromatic rings. The van der Waals surface area contributed by atoms with E-state index in [0.717, 1.165) is 45.6 Å². The molecule has 2 fully saturated rings. The summed E-state index contributed by atoms with van der Waals surface area (Å²) in [5.74, 6) is 0.369. The summed E-state index contributed by atoms with van der Waals surface area (Å²) >= 11 is 1.77. The highest BCUT2D eigenvalue weighted by Gasteiger charge is 2.31. The topological polar surface area (TPSA) is 48.5 Å². The summed E-state index contributed by atoms with van der Waals surface area (Å²) in [6.07, 6.45) is 8.35. The molecule has 4 rings (SSSR count). The van der Waals surface area contributed by atoms with Crippen LogP contribution in [0.1, 0.15) is 41.0 Å². The lowest BCUT2D eigenvalue weighted by atomic mass is 9.93. The van der Waals surface area contributed by atoms with Crippen LogP contribution in [0.2, 0.25) is 0 Å². The van der Waals surface area contributed by atoms with Crippen LogP contribution in [0.15, 0.2) is 36.7 Å². The maximum Gasteiger partial charge on any atom is 0.224 e. The van der Waals surface area contributed by atoms with E-state index in [1.54, 1.807) is 11.3 Å². The average molecular weight is 413 g/mol. The molecule has 0 aromatic carbocycles. The molecule has 1 unspecified atom stereocenters. The summed E-state index contributed by atoms with van der Waals surface area (Å²) in [7, 11) is 0. The highest BCUT2D eigenvalue weighted by molar-refractivity contribution is 7.11. The van der Waals surface area contributed by atoms with Crippen molar-refractivity contribution in [3.63, 3.8) is 0 Å². The Kier molecular flexibility index (Phi) is 6.95. The lowest BCUT2D eigenvalue weighted by molar-refractivity contribution is -0.127. The normalized spacial score (nSPS) is 21.9. The number of pyridine rings is 1. The van der Waals surface area contributed by atoms with E-state index in [0.29, 0.717) is 12.6 Å². The summed E-state index contributed by atoms with van der Waals surface area (Å²) in [4.78, 5) is 24.6. The molecule has 6 heteroatoms. The van der Waals surface area contributed by atoms with Crippen LogP contribution in [-0.4, -0.2) is 52.9 Å². The number of rotatable bonds is 6. The van der Waals surface area contributed by atoms with E-state index >= 15 is 0 Å². The van der Waals surface area contributed by atoms with Crippen molar-refractivity contribution in [1.29, 1.82) is 0 Å². The number of likely N-dealkylation sites (tertiary alicyclic amines) is 2. The van der Waals surface area contributed by atoms with Crippen molar-refractivity contribution in [2.24, 2.45) is 5.92 Å². The lowest BCUT2D eigenvalue weighted by Crippen LogP contribution is -2.50. The van der Waals surface area contributed by atoms with Gasteiger partial charge in [0, 0.05) is 41.3 Å². The molecule has 0 radical (unpaired) electrons. The van der Waals surface area contributed by atoms with Gasteiger partial charge in [-0.1, -0.05) is 6.07 Å². The molecule has 1 atom stereocenters. The molecule has 5 nitrogen and oxygen atoms in total. The first-order chi connectivity index (χ1) is 14.2. The summed E-state index contributed by atoms with van der Waals surface area (Å²) < 4.78 is 0. The number of aromatic nitrogens is 1. The van der Waals surface area contributed by atoms with Gasteiger partial charge in [0.15, 0.2) is 0 Å². The van der Waals surface area contributed by atoms with Gasteiger partial charge in [0.2, 0.25) is 5.91 Å². The van der Waals surface area contributed by atoms with Crippen LogP contribution in [0, 0.1) is 12.8 Å². The molecule has 4 heterocycles. The van der Waals surface area contributed by atoms with E-state index in [1.807, 2.05) is 18.5 Å². The molecule has 2 saturated heterocycles. The third-order valence-electron chi connectivity index (χ3n) is 6.26. The summed E-state index contributed by atoms with van der Waals surface area (Å²) in [6.45, 7) is 8.09. The highest BCUT2D eigenvalue weighted by Crippen LogP contribution is 2.25. The molecule has 0 bridgehead atoms. The quantitative estimate of drug-likeness (QED) is 0.790. The number of amides is 1. The van der Waals surface area contributed by atoms with Crippen molar-refractivity contribution in [2.45, 2.75) is 51.7 Å². The first-order valence-corrected chi connectivity index (χ1v) is 11.7. The Morgan fingerprint density at radius 1 is 1.21 bits per heavy atom. The molecule has 0 saturated carbocycles. The zero-order valence-electron chi connectivity index (χ0n) is 17.3. The number of carbonyl (C=O) groups excluding carboxylic acids is 1. The molecule has 29 heavy (non-hydrogen) atoms. The largest absolute Gasteiger partial charge is 0.351 e. The molecular formula is C23H32N4OS. The Bertz CT molecular complexity index is 785. The number of hydrogen-bond acceptors (Lipinski definition) is 5. The van der Waals surface area contributed by atoms with E-state index in [-0.39, 0.29) is 11.8 Å². The Morgan fingerprint density at radius 3 is 2.79 bits per heavy atom. The van der Waals surface area contributed by atoms with Gasteiger partial charge in [0.05, 0.1) is 12.5 Å². The highest BCUT2D eigenvalue weighted by atomic mass is 32.1. The fourth-order valence-corrected chi connectivity index (χ4v) is 5.47. The minimum absolute atomic E-state index is 0.137. The third-order valence-corrected chi connectivity index (χ3v) is 7.26. The van der Waals surface area contributed by atoms with Crippen LogP contribution in [0.25, 0.3) is 0 Å². The van der Waals surface area contributed by atoms with E-state index in [2.05, 4.69) is 45.2 Å². The summed E-state index contributed by atoms with van der Waals surface area (Å²) in [6, 6.07) is 9.03. The van der Waals surface area contributed by atoms with Gasteiger partial charge < -0.3 is 5.32 Å². The molecule has 0 spiro atoms. The van der Waals surface area contributed by atoms with Crippen LogP contribution in [-0.2, 0) is 17.9 Å². The van der Waals surface area contributed by atoms with Gasteiger partial charge in [-0.3, -0.25) is 19.6 Å². The number of hydrogen-bond donors (Lipinski definition) is 1. The smallest absolute Gasteiger partial charge is 0.224 e. The molecule has 2 aliphatic heterocycles. The fourth-order valence-electron chi connectivity index (χ4n) is 4.64. The van der Waals surface area contributed by atoms with Gasteiger partial charge in [-0.15, -0.1) is 11.3 Å². The zero-order chi connectivity index (χ0) is 20.1. The molecule has 2 aromatic heterocycles.